The molecule has 30 atom stereocenters. The van der Waals surface area contributed by atoms with Crippen LogP contribution in [0.4, 0.5) is 0 Å². The Bertz CT molecular complexity index is 3110. The van der Waals surface area contributed by atoms with Crippen molar-refractivity contribution in [1.29, 1.82) is 0 Å². The van der Waals surface area contributed by atoms with Gasteiger partial charge in [-0.1, -0.05) is 322 Å². The van der Waals surface area contributed by atoms with Crippen molar-refractivity contribution in [3.05, 3.63) is 0 Å². The summed E-state index contributed by atoms with van der Waals surface area (Å²) in [4.78, 5) is 8.19. The Hall–Kier alpha value is -0.0151. The predicted molar refractivity (Wildman–Crippen MR) is 514 cm³/mol. The molecule has 21 fully saturated rings. The van der Waals surface area contributed by atoms with Gasteiger partial charge < -0.3 is 0 Å². The summed E-state index contributed by atoms with van der Waals surface area (Å²) in [6.45, 7) is 42.5. The number of hydrogen-bond acceptors (Lipinski definition) is 2. The van der Waals surface area contributed by atoms with E-state index in [1.165, 1.54) is 38.5 Å². The van der Waals surface area contributed by atoms with E-state index in [9.17, 15) is 0 Å². The molecule has 0 aromatic carbocycles. The Labute approximate surface area is 751 Å². The first-order valence-electron chi connectivity index (χ1n) is 57.7. The van der Waals surface area contributed by atoms with E-state index in [4.69, 9.17) is 0 Å². The van der Waals surface area contributed by atoms with Crippen molar-refractivity contribution in [2.24, 2.45) is 222 Å². The van der Waals surface area contributed by atoms with Gasteiger partial charge in [0.1, 0.15) is 0 Å². The van der Waals surface area contributed by atoms with Crippen LogP contribution in [0.1, 0.15) is 463 Å². The van der Waals surface area contributed by atoms with Gasteiger partial charge in [0.05, 0.1) is 0 Å². The Morgan fingerprint density at radius 3 is 0.719 bits per heavy atom. The zero-order chi connectivity index (χ0) is 83.1. The van der Waals surface area contributed by atoms with Crippen LogP contribution in [0.5, 0.6) is 0 Å². The van der Waals surface area contributed by atoms with E-state index in [2.05, 4.69) is 114 Å². The maximum atomic E-state index is 4.09. The molecule has 0 radical (unpaired) electrons. The molecule has 19 saturated carbocycles. The molecule has 2 saturated heterocycles. The standard InChI is InChI=1S/C118H199BN2/c1-114(2,3)88-54-80-46-48-82-56-90(116(7,8)9)68-99-93(64-86(58-88)107(80)109(82)99)78-50-52-101-103(66-78)120(112-95(74-38-26-18-27-39-74)60-84(72-34-22-16-23-35-72)61-96(112)75-40-28-19-29-41-75)105-70-92(118(13,14)15)71-106-111(105)119(101)102-53-51-79(94-65-87-59-89(115(4,5)6)55-81-47-49-83-57-91(117(10,11)12)69-100(94)110(83)108(81)87)67-104(102)121(106)113-97(76-42-30-20-31-43-76)62-85(73-36-24-17-25-37-73)63-98(113)77-44-32-21-33-45-77/h72-113H,16-71H2,1-15H3. The summed E-state index contributed by atoms with van der Waals surface area (Å²) in [6, 6.07) is 4.91. The largest absolute Gasteiger partial charge is 0.295 e. The summed E-state index contributed by atoms with van der Waals surface area (Å²) < 4.78 is 0. The molecule has 0 aromatic heterocycles. The number of hydrogen-bond donors (Lipinski definition) is 0. The van der Waals surface area contributed by atoms with Crippen molar-refractivity contribution in [3.8, 4) is 0 Å². The van der Waals surface area contributed by atoms with Crippen LogP contribution in [-0.4, -0.2) is 52.8 Å². The highest BCUT2D eigenvalue weighted by molar-refractivity contribution is 6.65. The van der Waals surface area contributed by atoms with Gasteiger partial charge in [-0.2, -0.15) is 0 Å². The van der Waals surface area contributed by atoms with Crippen LogP contribution in [0.15, 0.2) is 0 Å². The molecular formula is C118H199BN2. The minimum Gasteiger partial charge on any atom is -0.295 e. The Balaban J connectivity index is 0.751. The molecule has 0 bridgehead atoms. The Morgan fingerprint density at radius 1 is 0.174 bits per heavy atom. The van der Waals surface area contributed by atoms with Gasteiger partial charge in [0, 0.05) is 36.3 Å². The Morgan fingerprint density at radius 2 is 0.421 bits per heavy atom. The molecule has 21 aliphatic rings. The minimum absolute atomic E-state index is 0.315. The average Bonchev–Trinajstić information content (AvgIpc) is 0.683. The van der Waals surface area contributed by atoms with Crippen molar-refractivity contribution in [3.63, 3.8) is 0 Å². The molecular weight excluding hydrogens is 1460 g/mol. The zero-order valence-corrected chi connectivity index (χ0v) is 82.8. The second kappa shape index (κ2) is 34.8. The van der Waals surface area contributed by atoms with Gasteiger partial charge in [0.25, 0.3) is 0 Å². The van der Waals surface area contributed by atoms with Gasteiger partial charge in [-0.05, 0) is 381 Å². The second-order valence-corrected chi connectivity index (χ2v) is 58.1. The van der Waals surface area contributed by atoms with Crippen LogP contribution in [0.3, 0.4) is 0 Å². The molecule has 0 amide bonds. The molecule has 684 valence electrons. The van der Waals surface area contributed by atoms with Gasteiger partial charge in [0.15, 0.2) is 6.71 Å². The maximum Gasteiger partial charge on any atom is 0.156 e. The highest BCUT2D eigenvalue weighted by atomic mass is 15.3. The number of fused-ring (bicyclic) bond motifs is 4. The lowest BCUT2D eigenvalue weighted by atomic mass is 9.18. The third kappa shape index (κ3) is 16.5. The van der Waals surface area contributed by atoms with Gasteiger partial charge in [0.2, 0.25) is 0 Å². The molecule has 2 aliphatic heterocycles. The van der Waals surface area contributed by atoms with Crippen molar-refractivity contribution in [1.82, 2.24) is 9.80 Å². The molecule has 30 unspecified atom stereocenters. The fraction of sp³-hybridized carbons (Fsp3) is 1.00. The van der Waals surface area contributed by atoms with E-state index in [0.717, 1.165) is 256 Å². The van der Waals surface area contributed by atoms with E-state index < -0.39 is 0 Å². The summed E-state index contributed by atoms with van der Waals surface area (Å²) in [7, 11) is 0. The molecule has 19 aliphatic carbocycles. The monoisotopic (exact) mass is 1660 g/mol. The summed E-state index contributed by atoms with van der Waals surface area (Å²) in [6.07, 6.45) is 89.0. The zero-order valence-electron chi connectivity index (χ0n) is 82.8. The molecule has 0 spiro atoms. The molecule has 0 N–H and O–H groups in total. The summed E-state index contributed by atoms with van der Waals surface area (Å²) in [5.41, 5.74) is 2.02. The van der Waals surface area contributed by atoms with E-state index in [-0.39, 0.29) is 0 Å². The van der Waals surface area contributed by atoms with Crippen LogP contribution < -0.4 is 0 Å². The SMILES string of the molecule is CC(C)(C)C1CC2CCC3CC(C(C)(C)C)CC4C(C5CCC6B7C8CCC(C9CC%10CC(C(C)(C)C)CC%11CCC%12CC(C(C)(C)C)CC9C%12C%11%10)CC8N(C8C(C9CCCCC9)CC(C9CCCCC9)CC8C8CCCCC8)C8CC(C(C)(C)C)CC(C78)N(C7C(C8CCCCC8)CC(C8CCCCC8)CC7C7CCCCC7)C6C5)CC(C1)C2C34. The highest BCUT2D eigenvalue weighted by Gasteiger charge is 2.72. The van der Waals surface area contributed by atoms with Crippen LogP contribution in [0.25, 0.3) is 0 Å². The van der Waals surface area contributed by atoms with E-state index in [1.807, 2.05) is 0 Å². The molecule has 21 rings (SSSR count). The van der Waals surface area contributed by atoms with Gasteiger partial charge in [-0.3, -0.25) is 9.80 Å². The highest BCUT2D eigenvalue weighted by Crippen LogP contribution is 2.74. The first-order chi connectivity index (χ1) is 58.1. The fourth-order valence-electron chi connectivity index (χ4n) is 42.8. The van der Waals surface area contributed by atoms with Crippen LogP contribution >= 0.6 is 0 Å². The fourth-order valence-corrected chi connectivity index (χ4v) is 42.8. The van der Waals surface area contributed by atoms with Crippen molar-refractivity contribution in [2.45, 2.75) is 517 Å². The van der Waals surface area contributed by atoms with Gasteiger partial charge >= 0.3 is 0 Å². The average molecular weight is 1660 g/mol. The molecule has 3 heteroatoms. The van der Waals surface area contributed by atoms with Crippen molar-refractivity contribution < 1.29 is 0 Å². The predicted octanol–water partition coefficient (Wildman–Crippen LogP) is 33.1. The smallest absolute Gasteiger partial charge is 0.156 e. The van der Waals surface area contributed by atoms with Crippen molar-refractivity contribution >= 4 is 6.71 Å². The minimum atomic E-state index is 0.315. The third-order valence-electron chi connectivity index (χ3n) is 48.3. The molecule has 0 aromatic rings. The topological polar surface area (TPSA) is 6.48 Å². The first kappa shape index (κ1) is 87.6. The summed E-state index contributed by atoms with van der Waals surface area (Å²) in [5, 5.41) is 0. The summed E-state index contributed by atoms with van der Waals surface area (Å²) >= 11 is 0. The number of nitrogens with zero attached hydrogens (tertiary/aromatic N) is 2. The molecule has 2 nitrogen and oxygen atoms in total. The van der Waals surface area contributed by atoms with E-state index in [1.54, 1.807) is 321 Å². The first-order valence-corrected chi connectivity index (χ1v) is 57.7. The van der Waals surface area contributed by atoms with E-state index in [0.29, 0.717) is 27.1 Å². The van der Waals surface area contributed by atoms with E-state index >= 15 is 0 Å². The summed E-state index contributed by atoms with van der Waals surface area (Å²) in [5.74, 6) is 35.0. The quantitative estimate of drug-likeness (QED) is 0.201. The second-order valence-electron chi connectivity index (χ2n) is 58.1. The van der Waals surface area contributed by atoms with Crippen LogP contribution in [-0.2, 0) is 0 Å². The number of rotatable bonds is 10. The normalized spacial score (nSPS) is 49.5. The van der Waals surface area contributed by atoms with Gasteiger partial charge in [-0.15, -0.1) is 0 Å². The van der Waals surface area contributed by atoms with Crippen LogP contribution in [0.2, 0.25) is 17.5 Å². The lowest BCUT2D eigenvalue weighted by Crippen LogP contribution is -2.77. The third-order valence-corrected chi connectivity index (χ3v) is 48.3. The molecule has 121 heavy (non-hydrogen) atoms. The molecule has 2 heterocycles. The lowest BCUT2D eigenvalue weighted by molar-refractivity contribution is -0.165. The lowest BCUT2D eigenvalue weighted by Gasteiger charge is -2.73. The maximum absolute atomic E-state index is 4.09. The van der Waals surface area contributed by atoms with Crippen LogP contribution in [0, 0.1) is 222 Å². The van der Waals surface area contributed by atoms with Gasteiger partial charge in [-0.25, -0.2) is 0 Å². The van der Waals surface area contributed by atoms with Crippen molar-refractivity contribution in [2.75, 3.05) is 0 Å². The Kier molecular flexibility index (Phi) is 25.2.